The summed E-state index contributed by atoms with van der Waals surface area (Å²) >= 11 is 1.48. The van der Waals surface area contributed by atoms with Crippen LogP contribution in [0.2, 0.25) is 0 Å². The number of carbonyl (C=O) groups excluding carboxylic acids is 1. The van der Waals surface area contributed by atoms with E-state index < -0.39 is 10.0 Å². The Bertz CT molecular complexity index is 1270. The van der Waals surface area contributed by atoms with Crippen LogP contribution in [0, 0.1) is 0 Å². The smallest absolute Gasteiger partial charge is 0.255 e. The fourth-order valence-corrected chi connectivity index (χ4v) is 4.54. The maximum Gasteiger partial charge on any atom is 0.255 e. The van der Waals surface area contributed by atoms with E-state index in [1.807, 2.05) is 17.5 Å². The van der Waals surface area contributed by atoms with Crippen molar-refractivity contribution in [1.82, 2.24) is 9.71 Å². The predicted octanol–water partition coefficient (Wildman–Crippen LogP) is 4.67. The van der Waals surface area contributed by atoms with Crippen molar-refractivity contribution in [2.45, 2.75) is 11.4 Å². The highest BCUT2D eigenvalue weighted by molar-refractivity contribution is 7.89. The van der Waals surface area contributed by atoms with Crippen LogP contribution in [0.1, 0.15) is 15.2 Å². The number of carbonyl (C=O) groups is 1. The lowest BCUT2D eigenvalue weighted by Crippen LogP contribution is -2.23. The molecular weight excluding hydrogens is 446 g/mol. The molecule has 0 spiro atoms. The highest BCUT2D eigenvalue weighted by Crippen LogP contribution is 2.22. The molecule has 2 aromatic heterocycles. The minimum absolute atomic E-state index is 0.100. The molecule has 0 aliphatic carbocycles. The highest BCUT2D eigenvalue weighted by atomic mass is 32.2. The second kappa shape index (κ2) is 9.73. The molecule has 1 amide bonds. The van der Waals surface area contributed by atoms with Gasteiger partial charge in [-0.3, -0.25) is 9.78 Å². The number of nitrogens with one attached hydrogen (secondary N) is 2. The number of ether oxygens (including phenoxy) is 1. The van der Waals surface area contributed by atoms with Crippen LogP contribution in [-0.4, -0.2) is 19.3 Å². The van der Waals surface area contributed by atoms with Crippen molar-refractivity contribution in [2.75, 3.05) is 5.32 Å². The maximum absolute atomic E-state index is 12.5. The average molecular weight is 466 g/mol. The van der Waals surface area contributed by atoms with Gasteiger partial charge in [0.15, 0.2) is 0 Å². The number of hydrogen-bond donors (Lipinski definition) is 2. The van der Waals surface area contributed by atoms with Gasteiger partial charge in [-0.2, -0.15) is 0 Å². The van der Waals surface area contributed by atoms with Gasteiger partial charge >= 0.3 is 0 Å². The third-order valence-electron chi connectivity index (χ3n) is 4.44. The molecule has 32 heavy (non-hydrogen) atoms. The van der Waals surface area contributed by atoms with E-state index in [1.54, 1.807) is 48.8 Å². The first kappa shape index (κ1) is 21.7. The van der Waals surface area contributed by atoms with Crippen molar-refractivity contribution in [2.24, 2.45) is 0 Å². The van der Waals surface area contributed by atoms with Crippen LogP contribution in [0.15, 0.2) is 95.5 Å². The lowest BCUT2D eigenvalue weighted by Gasteiger charge is -2.09. The Hall–Kier alpha value is -3.53. The zero-order chi connectivity index (χ0) is 22.4. The van der Waals surface area contributed by atoms with E-state index in [9.17, 15) is 13.2 Å². The van der Waals surface area contributed by atoms with Crippen molar-refractivity contribution in [3.63, 3.8) is 0 Å². The third-order valence-corrected chi connectivity index (χ3v) is 6.73. The molecule has 0 aliphatic heterocycles. The predicted molar refractivity (Wildman–Crippen MR) is 123 cm³/mol. The van der Waals surface area contributed by atoms with Gasteiger partial charge in [-0.25, -0.2) is 13.1 Å². The van der Waals surface area contributed by atoms with Gasteiger partial charge in [0.25, 0.3) is 5.91 Å². The van der Waals surface area contributed by atoms with Crippen LogP contribution < -0.4 is 14.8 Å². The third kappa shape index (κ3) is 5.58. The van der Waals surface area contributed by atoms with Gasteiger partial charge in [0, 0.05) is 35.1 Å². The SMILES string of the molecule is O=C(Nc1ccc(Oc2ccncc2)cc1)c1ccc(S(=O)(=O)NCc2cccs2)cc1. The van der Waals surface area contributed by atoms with E-state index in [0.29, 0.717) is 22.7 Å². The summed E-state index contributed by atoms with van der Waals surface area (Å²) in [6.07, 6.45) is 3.28. The van der Waals surface area contributed by atoms with Crippen LogP contribution in [0.4, 0.5) is 5.69 Å². The molecule has 2 N–H and O–H groups in total. The van der Waals surface area contributed by atoms with Crippen LogP contribution in [0.3, 0.4) is 0 Å². The molecule has 4 rings (SSSR count). The lowest BCUT2D eigenvalue weighted by atomic mass is 10.2. The van der Waals surface area contributed by atoms with Crippen molar-refractivity contribution >= 4 is 33.0 Å². The number of nitrogens with zero attached hydrogens (tertiary/aromatic N) is 1. The van der Waals surface area contributed by atoms with Crippen molar-refractivity contribution in [3.05, 3.63) is 101 Å². The van der Waals surface area contributed by atoms with E-state index in [-0.39, 0.29) is 17.3 Å². The Balaban J connectivity index is 1.36. The van der Waals surface area contributed by atoms with Gasteiger partial charge < -0.3 is 10.1 Å². The average Bonchev–Trinajstić information content (AvgIpc) is 3.34. The molecular formula is C23H19N3O4S2. The van der Waals surface area contributed by atoms with E-state index >= 15 is 0 Å². The monoisotopic (exact) mass is 465 g/mol. The van der Waals surface area contributed by atoms with Gasteiger partial charge in [0.1, 0.15) is 11.5 Å². The molecule has 0 unspecified atom stereocenters. The number of rotatable bonds is 8. The first-order valence-corrected chi connectivity index (χ1v) is 12.0. The fraction of sp³-hybridized carbons (Fsp3) is 0.0435. The fourth-order valence-electron chi connectivity index (χ4n) is 2.80. The number of sulfonamides is 1. The summed E-state index contributed by atoms with van der Waals surface area (Å²) in [4.78, 5) is 17.5. The molecule has 0 atom stereocenters. The summed E-state index contributed by atoms with van der Waals surface area (Å²) < 4.78 is 33.1. The Labute approximate surface area is 189 Å². The first-order chi connectivity index (χ1) is 15.5. The number of pyridine rings is 1. The molecule has 0 bridgehead atoms. The molecule has 9 heteroatoms. The number of aromatic nitrogens is 1. The van der Waals surface area contributed by atoms with E-state index in [4.69, 9.17) is 4.74 Å². The second-order valence-corrected chi connectivity index (χ2v) is 9.49. The Morgan fingerprint density at radius 1 is 0.906 bits per heavy atom. The topological polar surface area (TPSA) is 97.4 Å². The largest absolute Gasteiger partial charge is 0.457 e. The zero-order valence-electron chi connectivity index (χ0n) is 16.8. The molecule has 0 aliphatic rings. The van der Waals surface area contributed by atoms with Gasteiger partial charge in [0.05, 0.1) is 4.90 Å². The lowest BCUT2D eigenvalue weighted by molar-refractivity contribution is 0.102. The van der Waals surface area contributed by atoms with Crippen LogP contribution in [0.5, 0.6) is 11.5 Å². The Kier molecular flexibility index (Phi) is 6.60. The maximum atomic E-state index is 12.5. The van der Waals surface area contributed by atoms with Crippen molar-refractivity contribution in [3.8, 4) is 11.5 Å². The highest BCUT2D eigenvalue weighted by Gasteiger charge is 2.15. The molecule has 7 nitrogen and oxygen atoms in total. The van der Waals surface area contributed by atoms with Gasteiger partial charge in [-0.1, -0.05) is 6.07 Å². The number of thiophene rings is 1. The number of benzene rings is 2. The molecule has 0 radical (unpaired) electrons. The standard InChI is InChI=1S/C23H19N3O4S2/c27-23(26-18-5-7-19(8-6-18)30-20-11-13-24-14-12-20)17-3-9-22(10-4-17)32(28,29)25-16-21-2-1-15-31-21/h1-15,25H,16H2,(H,26,27). The Morgan fingerprint density at radius 3 is 2.25 bits per heavy atom. The van der Waals surface area contributed by atoms with E-state index in [2.05, 4.69) is 15.0 Å². The van der Waals surface area contributed by atoms with Crippen LogP contribution in [0.25, 0.3) is 0 Å². The first-order valence-electron chi connectivity index (χ1n) is 9.61. The molecule has 0 saturated carbocycles. The van der Waals surface area contributed by atoms with Gasteiger partial charge in [0.2, 0.25) is 10.0 Å². The normalized spacial score (nSPS) is 11.1. The molecule has 2 aromatic carbocycles. The van der Waals surface area contributed by atoms with Crippen LogP contribution >= 0.6 is 11.3 Å². The Morgan fingerprint density at radius 2 is 1.59 bits per heavy atom. The van der Waals surface area contributed by atoms with E-state index in [1.165, 1.54) is 35.6 Å². The minimum Gasteiger partial charge on any atom is -0.457 e. The van der Waals surface area contributed by atoms with E-state index in [0.717, 1.165) is 4.88 Å². The number of hydrogen-bond acceptors (Lipinski definition) is 6. The summed E-state index contributed by atoms with van der Waals surface area (Å²) in [5, 5.41) is 4.67. The quantitative estimate of drug-likeness (QED) is 0.394. The van der Waals surface area contributed by atoms with Crippen LogP contribution in [-0.2, 0) is 16.6 Å². The molecule has 2 heterocycles. The summed E-state index contributed by atoms with van der Waals surface area (Å²) in [7, 11) is -3.66. The van der Waals surface area contributed by atoms with Crippen molar-refractivity contribution < 1.29 is 17.9 Å². The molecule has 0 fully saturated rings. The number of amides is 1. The summed E-state index contributed by atoms with van der Waals surface area (Å²) in [5.74, 6) is 0.943. The minimum atomic E-state index is -3.66. The number of anilines is 1. The van der Waals surface area contributed by atoms with Gasteiger partial charge in [-0.05, 0) is 72.1 Å². The molecule has 0 saturated heterocycles. The summed E-state index contributed by atoms with van der Waals surface area (Å²) in [5.41, 5.74) is 0.936. The molecule has 162 valence electrons. The summed E-state index contributed by atoms with van der Waals surface area (Å²) in [6, 6.07) is 19.9. The zero-order valence-corrected chi connectivity index (χ0v) is 18.4. The molecule has 4 aromatic rings. The second-order valence-electron chi connectivity index (χ2n) is 6.69. The summed E-state index contributed by atoms with van der Waals surface area (Å²) in [6.45, 7) is 0.225. The van der Waals surface area contributed by atoms with Crippen molar-refractivity contribution in [1.29, 1.82) is 0 Å². The van der Waals surface area contributed by atoms with Gasteiger partial charge in [-0.15, -0.1) is 11.3 Å².